The van der Waals surface area contributed by atoms with E-state index in [1.54, 1.807) is 0 Å². The first-order chi connectivity index (χ1) is 8.29. The first kappa shape index (κ1) is 14.1. The maximum atomic E-state index is 11.7. The number of non-ortho nitro benzene ring substituents is 1. The Morgan fingerprint density at radius 1 is 1.39 bits per heavy atom. The fourth-order valence-corrected chi connectivity index (χ4v) is 1.24. The van der Waals surface area contributed by atoms with Crippen LogP contribution in [0.15, 0.2) is 24.3 Å². The number of likely N-dealkylation sites (N-methyl/N-ethyl adjacent to an activating group) is 1. The molecular formula is C12H17N2O4+. The minimum absolute atomic E-state index is 0.115. The molecule has 0 unspecified atom stereocenters. The largest absolute Gasteiger partial charge is 0.456 e. The number of carbonyl (C=O) groups is 1. The molecule has 0 heterocycles. The molecule has 0 radical (unpaired) electrons. The zero-order valence-electron chi connectivity index (χ0n) is 10.8. The van der Waals surface area contributed by atoms with Crippen molar-refractivity contribution in [2.75, 3.05) is 34.3 Å². The Hall–Kier alpha value is -1.95. The third-order valence-electron chi connectivity index (χ3n) is 2.29. The standard InChI is InChI=1S/C12H17N2O4/c1-14(2,3)7-8-18-12(15)10-5-4-6-11(9-10)13(16)17/h4-6,9H,7-8H2,1-3H3/q+1. The number of quaternary nitrogens is 1. The maximum absolute atomic E-state index is 11.7. The minimum atomic E-state index is -0.539. The fraction of sp³-hybridized carbons (Fsp3) is 0.417. The summed E-state index contributed by atoms with van der Waals surface area (Å²) in [5.41, 5.74) is 0.0849. The number of nitrogens with zero attached hydrogens (tertiary/aromatic N) is 2. The van der Waals surface area contributed by atoms with Crippen molar-refractivity contribution < 1.29 is 18.9 Å². The summed E-state index contributed by atoms with van der Waals surface area (Å²) in [6.07, 6.45) is 0. The number of hydrogen-bond donors (Lipinski definition) is 0. The van der Waals surface area contributed by atoms with Crippen LogP contribution < -0.4 is 0 Å². The Balaban J connectivity index is 2.62. The van der Waals surface area contributed by atoms with Gasteiger partial charge in [-0.25, -0.2) is 4.79 Å². The Bertz CT molecular complexity index is 452. The Labute approximate surface area is 106 Å². The highest BCUT2D eigenvalue weighted by molar-refractivity contribution is 5.90. The van der Waals surface area contributed by atoms with E-state index in [-0.39, 0.29) is 17.9 Å². The number of rotatable bonds is 5. The molecule has 0 atom stereocenters. The molecule has 1 rings (SSSR count). The summed E-state index contributed by atoms with van der Waals surface area (Å²) in [5.74, 6) is -0.535. The van der Waals surface area contributed by atoms with Crippen LogP contribution in [-0.2, 0) is 4.74 Å². The van der Waals surface area contributed by atoms with Crippen LogP contribution in [0.25, 0.3) is 0 Å². The lowest BCUT2D eigenvalue weighted by Gasteiger charge is -2.23. The van der Waals surface area contributed by atoms with Gasteiger partial charge in [-0.05, 0) is 6.07 Å². The minimum Gasteiger partial charge on any atom is -0.456 e. The topological polar surface area (TPSA) is 69.4 Å². The summed E-state index contributed by atoms with van der Waals surface area (Å²) in [4.78, 5) is 21.7. The van der Waals surface area contributed by atoms with Crippen LogP contribution in [0, 0.1) is 10.1 Å². The van der Waals surface area contributed by atoms with Gasteiger partial charge in [0.25, 0.3) is 5.69 Å². The van der Waals surface area contributed by atoms with Crippen LogP contribution in [0.3, 0.4) is 0 Å². The van der Waals surface area contributed by atoms with Crippen LogP contribution in [0.5, 0.6) is 0 Å². The lowest BCUT2D eigenvalue weighted by Crippen LogP contribution is -2.38. The van der Waals surface area contributed by atoms with Crippen LogP contribution in [0.4, 0.5) is 5.69 Å². The van der Waals surface area contributed by atoms with Gasteiger partial charge in [0.2, 0.25) is 0 Å². The van der Waals surface area contributed by atoms with Gasteiger partial charge in [-0.1, -0.05) is 6.07 Å². The summed E-state index contributed by atoms with van der Waals surface area (Å²) in [5, 5.41) is 10.6. The third kappa shape index (κ3) is 4.50. The van der Waals surface area contributed by atoms with E-state index in [0.717, 1.165) is 0 Å². The van der Waals surface area contributed by atoms with Gasteiger partial charge < -0.3 is 9.22 Å². The van der Waals surface area contributed by atoms with E-state index in [9.17, 15) is 14.9 Å². The van der Waals surface area contributed by atoms with Gasteiger partial charge in [-0.2, -0.15) is 0 Å². The zero-order chi connectivity index (χ0) is 13.8. The molecule has 0 N–H and O–H groups in total. The number of hydrogen-bond acceptors (Lipinski definition) is 4. The van der Waals surface area contributed by atoms with Crippen molar-refractivity contribution >= 4 is 11.7 Å². The predicted molar refractivity (Wildman–Crippen MR) is 66.3 cm³/mol. The van der Waals surface area contributed by atoms with Crippen molar-refractivity contribution in [3.8, 4) is 0 Å². The van der Waals surface area contributed by atoms with E-state index in [2.05, 4.69) is 0 Å². The second kappa shape index (κ2) is 5.59. The average Bonchev–Trinajstić information content (AvgIpc) is 2.27. The number of ether oxygens (including phenoxy) is 1. The molecule has 0 bridgehead atoms. The summed E-state index contributed by atoms with van der Waals surface area (Å²) >= 11 is 0. The number of nitro benzene ring substituents is 1. The average molecular weight is 253 g/mol. The van der Waals surface area contributed by atoms with Crippen LogP contribution in [0.1, 0.15) is 10.4 Å². The van der Waals surface area contributed by atoms with Crippen LogP contribution in [-0.4, -0.2) is 49.7 Å². The highest BCUT2D eigenvalue weighted by Crippen LogP contribution is 2.13. The Morgan fingerprint density at radius 2 is 2.06 bits per heavy atom. The van der Waals surface area contributed by atoms with E-state index in [0.29, 0.717) is 11.0 Å². The number of benzene rings is 1. The van der Waals surface area contributed by atoms with E-state index < -0.39 is 10.9 Å². The second-order valence-electron chi connectivity index (χ2n) is 4.96. The SMILES string of the molecule is C[N+](C)(C)CCOC(=O)c1cccc([N+](=O)[O-])c1. The van der Waals surface area contributed by atoms with Crippen LogP contribution >= 0.6 is 0 Å². The van der Waals surface area contributed by atoms with E-state index in [1.165, 1.54) is 24.3 Å². The summed E-state index contributed by atoms with van der Waals surface area (Å²) in [6, 6.07) is 5.52. The highest BCUT2D eigenvalue weighted by atomic mass is 16.6. The van der Waals surface area contributed by atoms with Crippen molar-refractivity contribution in [2.24, 2.45) is 0 Å². The Kier molecular flexibility index (Phi) is 4.38. The molecule has 0 spiro atoms. The molecule has 1 aromatic carbocycles. The molecule has 6 heteroatoms. The Morgan fingerprint density at radius 3 is 2.61 bits per heavy atom. The van der Waals surface area contributed by atoms with Gasteiger partial charge in [0.15, 0.2) is 0 Å². The number of carbonyl (C=O) groups excluding carboxylic acids is 1. The monoisotopic (exact) mass is 253 g/mol. The molecule has 6 nitrogen and oxygen atoms in total. The first-order valence-electron chi connectivity index (χ1n) is 5.51. The second-order valence-corrected chi connectivity index (χ2v) is 4.96. The lowest BCUT2D eigenvalue weighted by atomic mass is 10.2. The normalized spacial score (nSPS) is 11.1. The predicted octanol–water partition coefficient (Wildman–Crippen LogP) is 1.46. The van der Waals surface area contributed by atoms with Gasteiger partial charge in [0.1, 0.15) is 13.2 Å². The smallest absolute Gasteiger partial charge is 0.338 e. The van der Waals surface area contributed by atoms with E-state index in [1.807, 2.05) is 21.1 Å². The lowest BCUT2D eigenvalue weighted by molar-refractivity contribution is -0.870. The highest BCUT2D eigenvalue weighted by Gasteiger charge is 2.14. The van der Waals surface area contributed by atoms with Crippen molar-refractivity contribution in [3.63, 3.8) is 0 Å². The van der Waals surface area contributed by atoms with Gasteiger partial charge in [0.05, 0.1) is 31.6 Å². The number of nitro groups is 1. The molecule has 18 heavy (non-hydrogen) atoms. The van der Waals surface area contributed by atoms with Crippen molar-refractivity contribution in [1.29, 1.82) is 0 Å². The van der Waals surface area contributed by atoms with Crippen molar-refractivity contribution in [2.45, 2.75) is 0 Å². The van der Waals surface area contributed by atoms with Gasteiger partial charge in [-0.3, -0.25) is 10.1 Å². The zero-order valence-corrected chi connectivity index (χ0v) is 10.8. The summed E-state index contributed by atoms with van der Waals surface area (Å²) < 4.78 is 5.74. The van der Waals surface area contributed by atoms with E-state index >= 15 is 0 Å². The molecule has 0 saturated heterocycles. The van der Waals surface area contributed by atoms with Crippen molar-refractivity contribution in [1.82, 2.24) is 0 Å². The maximum Gasteiger partial charge on any atom is 0.338 e. The van der Waals surface area contributed by atoms with Gasteiger partial charge >= 0.3 is 5.97 Å². The van der Waals surface area contributed by atoms with Gasteiger partial charge in [-0.15, -0.1) is 0 Å². The summed E-state index contributed by atoms with van der Waals surface area (Å²) in [6.45, 7) is 0.964. The summed E-state index contributed by atoms with van der Waals surface area (Å²) in [7, 11) is 5.96. The molecule has 0 fully saturated rings. The molecule has 0 amide bonds. The van der Waals surface area contributed by atoms with Crippen LogP contribution in [0.2, 0.25) is 0 Å². The molecule has 98 valence electrons. The molecule has 0 aliphatic rings. The third-order valence-corrected chi connectivity index (χ3v) is 2.29. The number of esters is 1. The fourth-order valence-electron chi connectivity index (χ4n) is 1.24. The molecule has 0 aliphatic heterocycles. The molecule has 0 aromatic heterocycles. The van der Waals surface area contributed by atoms with Gasteiger partial charge in [0, 0.05) is 12.1 Å². The molecule has 1 aromatic rings. The molecule has 0 saturated carbocycles. The molecular weight excluding hydrogens is 236 g/mol. The molecule has 0 aliphatic carbocycles. The van der Waals surface area contributed by atoms with Crippen molar-refractivity contribution in [3.05, 3.63) is 39.9 Å². The van der Waals surface area contributed by atoms with E-state index in [4.69, 9.17) is 4.74 Å². The first-order valence-corrected chi connectivity index (χ1v) is 5.51. The quantitative estimate of drug-likeness (QED) is 0.345.